The molecule has 2 rings (SSSR count). The lowest BCUT2D eigenvalue weighted by Gasteiger charge is -2.37. The lowest BCUT2D eigenvalue weighted by atomic mass is 10.0. The molecule has 5 heteroatoms. The zero-order chi connectivity index (χ0) is 12.5. The standard InChI is InChI=1S/C12H24N2O2S/c1-11-5-3-7-13(9-11)17(15,16)14-8-4-6-12(2)10-14/h11-12H,3-10H2,1-2H3/t11-,12-/m1/s1. The summed E-state index contributed by atoms with van der Waals surface area (Å²) in [5.74, 6) is 1.00. The minimum absolute atomic E-state index is 0.501. The molecule has 0 aromatic carbocycles. The third kappa shape index (κ3) is 3.01. The van der Waals surface area contributed by atoms with Gasteiger partial charge >= 0.3 is 0 Å². The third-order valence-electron chi connectivity index (χ3n) is 3.89. The van der Waals surface area contributed by atoms with Crippen molar-refractivity contribution in [1.82, 2.24) is 8.61 Å². The summed E-state index contributed by atoms with van der Waals surface area (Å²) in [6.07, 6.45) is 4.32. The molecule has 0 spiro atoms. The lowest BCUT2D eigenvalue weighted by molar-refractivity contribution is 0.229. The molecular formula is C12H24N2O2S. The van der Waals surface area contributed by atoms with Gasteiger partial charge in [0.2, 0.25) is 0 Å². The van der Waals surface area contributed by atoms with Gasteiger partial charge in [0.15, 0.2) is 0 Å². The molecule has 2 fully saturated rings. The first-order valence-electron chi connectivity index (χ1n) is 6.75. The summed E-state index contributed by atoms with van der Waals surface area (Å²) >= 11 is 0. The Labute approximate surface area is 105 Å². The van der Waals surface area contributed by atoms with Crippen molar-refractivity contribution < 1.29 is 8.42 Å². The molecule has 2 saturated heterocycles. The maximum absolute atomic E-state index is 12.5. The second kappa shape index (κ2) is 5.24. The maximum atomic E-state index is 12.5. The van der Waals surface area contributed by atoms with E-state index >= 15 is 0 Å². The quantitative estimate of drug-likeness (QED) is 0.758. The van der Waals surface area contributed by atoms with Crippen LogP contribution in [0.3, 0.4) is 0 Å². The van der Waals surface area contributed by atoms with E-state index in [0.29, 0.717) is 38.0 Å². The average molecular weight is 260 g/mol. The van der Waals surface area contributed by atoms with Crippen LogP contribution < -0.4 is 0 Å². The van der Waals surface area contributed by atoms with Crippen molar-refractivity contribution in [2.24, 2.45) is 11.8 Å². The largest absolute Gasteiger partial charge is 0.281 e. The summed E-state index contributed by atoms with van der Waals surface area (Å²) in [6.45, 7) is 7.09. The second-order valence-electron chi connectivity index (χ2n) is 5.72. The van der Waals surface area contributed by atoms with Crippen LogP contribution in [0, 0.1) is 11.8 Å². The van der Waals surface area contributed by atoms with E-state index in [9.17, 15) is 8.42 Å². The fourth-order valence-corrected chi connectivity index (χ4v) is 4.81. The molecule has 4 nitrogen and oxygen atoms in total. The van der Waals surface area contributed by atoms with Crippen LogP contribution in [-0.2, 0) is 10.2 Å². The number of nitrogens with zero attached hydrogens (tertiary/aromatic N) is 2. The van der Waals surface area contributed by atoms with E-state index in [2.05, 4.69) is 13.8 Å². The topological polar surface area (TPSA) is 40.6 Å². The number of piperidine rings is 2. The molecule has 0 saturated carbocycles. The Morgan fingerprint density at radius 2 is 1.29 bits per heavy atom. The number of hydrogen-bond donors (Lipinski definition) is 0. The molecular weight excluding hydrogens is 236 g/mol. The van der Waals surface area contributed by atoms with E-state index in [4.69, 9.17) is 0 Å². The SMILES string of the molecule is C[C@@H]1CCCN(S(=O)(=O)N2CCC[C@@H](C)C2)C1. The van der Waals surface area contributed by atoms with E-state index in [1.54, 1.807) is 8.61 Å². The first kappa shape index (κ1) is 13.3. The molecule has 0 N–H and O–H groups in total. The zero-order valence-corrected chi connectivity index (χ0v) is 11.7. The summed E-state index contributed by atoms with van der Waals surface area (Å²) in [5.41, 5.74) is 0. The van der Waals surface area contributed by atoms with Crippen molar-refractivity contribution in [2.75, 3.05) is 26.2 Å². The third-order valence-corrected chi connectivity index (χ3v) is 5.86. The van der Waals surface area contributed by atoms with Crippen molar-refractivity contribution in [3.8, 4) is 0 Å². The van der Waals surface area contributed by atoms with E-state index in [0.717, 1.165) is 25.7 Å². The van der Waals surface area contributed by atoms with Crippen LogP contribution in [0.5, 0.6) is 0 Å². The van der Waals surface area contributed by atoms with Crippen LogP contribution in [0.2, 0.25) is 0 Å². The average Bonchev–Trinajstić information content (AvgIpc) is 2.29. The van der Waals surface area contributed by atoms with Crippen molar-refractivity contribution in [2.45, 2.75) is 39.5 Å². The smallest absolute Gasteiger partial charge is 0.195 e. The van der Waals surface area contributed by atoms with Gasteiger partial charge in [0.25, 0.3) is 10.2 Å². The molecule has 17 heavy (non-hydrogen) atoms. The summed E-state index contributed by atoms with van der Waals surface area (Å²) in [4.78, 5) is 0. The number of hydrogen-bond acceptors (Lipinski definition) is 2. The fraction of sp³-hybridized carbons (Fsp3) is 1.00. The zero-order valence-electron chi connectivity index (χ0n) is 10.9. The van der Waals surface area contributed by atoms with Gasteiger partial charge in [-0.2, -0.15) is 17.0 Å². The van der Waals surface area contributed by atoms with Crippen molar-refractivity contribution in [3.63, 3.8) is 0 Å². The van der Waals surface area contributed by atoms with E-state index in [-0.39, 0.29) is 0 Å². The fourth-order valence-electron chi connectivity index (χ4n) is 2.88. The van der Waals surface area contributed by atoms with E-state index < -0.39 is 10.2 Å². The Kier molecular flexibility index (Phi) is 4.10. The first-order valence-corrected chi connectivity index (χ1v) is 8.15. The normalized spacial score (nSPS) is 33.8. The molecule has 0 aliphatic carbocycles. The molecule has 0 aromatic rings. The molecule has 100 valence electrons. The van der Waals surface area contributed by atoms with Gasteiger partial charge in [-0.1, -0.05) is 13.8 Å². The Morgan fingerprint density at radius 1 is 0.882 bits per heavy atom. The minimum atomic E-state index is -3.18. The Morgan fingerprint density at radius 3 is 1.65 bits per heavy atom. The van der Waals surface area contributed by atoms with Crippen molar-refractivity contribution in [1.29, 1.82) is 0 Å². The molecule has 0 radical (unpaired) electrons. The van der Waals surface area contributed by atoms with Crippen LogP contribution >= 0.6 is 0 Å². The molecule has 0 bridgehead atoms. The minimum Gasteiger partial charge on any atom is -0.195 e. The summed E-state index contributed by atoms with van der Waals surface area (Å²) < 4.78 is 28.4. The Balaban J connectivity index is 2.06. The Hall–Kier alpha value is -0.130. The summed E-state index contributed by atoms with van der Waals surface area (Å²) in [7, 11) is -3.18. The van der Waals surface area contributed by atoms with Gasteiger partial charge in [-0.05, 0) is 37.5 Å². The lowest BCUT2D eigenvalue weighted by Crippen LogP contribution is -2.50. The van der Waals surface area contributed by atoms with Gasteiger partial charge in [0, 0.05) is 26.2 Å². The highest BCUT2D eigenvalue weighted by atomic mass is 32.2. The molecule has 0 aromatic heterocycles. The van der Waals surface area contributed by atoms with E-state index in [1.807, 2.05) is 0 Å². The van der Waals surface area contributed by atoms with Crippen LogP contribution in [0.1, 0.15) is 39.5 Å². The van der Waals surface area contributed by atoms with Gasteiger partial charge in [0.05, 0.1) is 0 Å². The maximum Gasteiger partial charge on any atom is 0.281 e. The van der Waals surface area contributed by atoms with Gasteiger partial charge < -0.3 is 0 Å². The summed E-state index contributed by atoms with van der Waals surface area (Å²) in [6, 6.07) is 0. The second-order valence-corrected chi connectivity index (χ2v) is 7.65. The number of rotatable bonds is 2. The van der Waals surface area contributed by atoms with Crippen LogP contribution in [-0.4, -0.2) is 43.2 Å². The van der Waals surface area contributed by atoms with Crippen LogP contribution in [0.15, 0.2) is 0 Å². The highest BCUT2D eigenvalue weighted by molar-refractivity contribution is 7.86. The van der Waals surface area contributed by atoms with Gasteiger partial charge in [-0.25, -0.2) is 0 Å². The van der Waals surface area contributed by atoms with E-state index in [1.165, 1.54) is 0 Å². The highest BCUT2D eigenvalue weighted by Crippen LogP contribution is 2.24. The molecule has 2 atom stereocenters. The molecule has 0 amide bonds. The van der Waals surface area contributed by atoms with Crippen molar-refractivity contribution in [3.05, 3.63) is 0 Å². The van der Waals surface area contributed by atoms with Gasteiger partial charge in [0.1, 0.15) is 0 Å². The van der Waals surface area contributed by atoms with Crippen molar-refractivity contribution >= 4 is 10.2 Å². The molecule has 2 aliphatic rings. The predicted octanol–water partition coefficient (Wildman–Crippen LogP) is 1.70. The summed E-state index contributed by atoms with van der Waals surface area (Å²) in [5, 5.41) is 0. The molecule has 2 aliphatic heterocycles. The first-order chi connectivity index (χ1) is 8.00. The molecule has 2 heterocycles. The molecule has 0 unspecified atom stereocenters. The van der Waals surface area contributed by atoms with Gasteiger partial charge in [-0.15, -0.1) is 0 Å². The van der Waals surface area contributed by atoms with Crippen LogP contribution in [0.4, 0.5) is 0 Å². The van der Waals surface area contributed by atoms with Gasteiger partial charge in [-0.3, -0.25) is 0 Å². The highest BCUT2D eigenvalue weighted by Gasteiger charge is 2.34. The monoisotopic (exact) mass is 260 g/mol. The Bertz CT molecular complexity index is 328. The predicted molar refractivity (Wildman–Crippen MR) is 68.9 cm³/mol. The van der Waals surface area contributed by atoms with Crippen LogP contribution in [0.25, 0.3) is 0 Å².